The predicted octanol–water partition coefficient (Wildman–Crippen LogP) is 2.15. The van der Waals surface area contributed by atoms with Gasteiger partial charge in [-0.2, -0.15) is 0 Å². The number of hydrogen-bond donors (Lipinski definition) is 2. The molecule has 3 N–H and O–H groups in total. The molecule has 2 rings (SSSR count). The van der Waals surface area contributed by atoms with Crippen molar-refractivity contribution in [1.82, 2.24) is 0 Å². The number of carbonyl (C=O) groups excluding carboxylic acids is 2. The minimum atomic E-state index is -3.74. The first-order valence-corrected chi connectivity index (χ1v) is 9.75. The van der Waals surface area contributed by atoms with Crippen molar-refractivity contribution in [3.8, 4) is 0 Å². The van der Waals surface area contributed by atoms with Gasteiger partial charge < -0.3 is 11.1 Å². The van der Waals surface area contributed by atoms with Crippen LogP contribution in [0.2, 0.25) is 5.02 Å². The predicted molar refractivity (Wildman–Crippen MR) is 102 cm³/mol. The Morgan fingerprint density at radius 3 is 2.42 bits per heavy atom. The number of amides is 2. The molecule has 7 nitrogen and oxygen atoms in total. The third-order valence-corrected chi connectivity index (χ3v) is 5.15. The number of nitrogens with zero attached hydrogens (tertiary/aromatic N) is 1. The molecule has 2 aromatic rings. The Labute approximate surface area is 156 Å². The van der Waals surface area contributed by atoms with E-state index in [2.05, 4.69) is 5.32 Å². The number of halogens is 1. The van der Waals surface area contributed by atoms with E-state index in [4.69, 9.17) is 17.3 Å². The molecule has 0 aromatic heterocycles. The lowest BCUT2D eigenvalue weighted by molar-refractivity contribution is -0.114. The summed E-state index contributed by atoms with van der Waals surface area (Å²) in [5, 5.41) is 2.90. The number of rotatable bonds is 6. The highest BCUT2D eigenvalue weighted by atomic mass is 35.5. The lowest BCUT2D eigenvalue weighted by Crippen LogP contribution is -2.37. The molecule has 0 aliphatic rings. The monoisotopic (exact) mass is 395 g/mol. The lowest BCUT2D eigenvalue weighted by atomic mass is 10.1. The largest absolute Gasteiger partial charge is 0.366 e. The SMILES string of the molecule is Cc1ccc(N(CC(=O)Nc2ccccc2C(N)=O)S(C)(=O)=O)cc1Cl. The molecular formula is C17H18ClN3O4S. The standard InChI is InChI=1S/C17H18ClN3O4S/c1-11-7-8-12(9-14(11)18)21(26(2,24)25)10-16(22)20-15-6-4-3-5-13(15)17(19)23/h3-9H,10H2,1-2H3,(H2,19,23)(H,20,22). The molecule has 0 saturated heterocycles. The van der Waals surface area contributed by atoms with Gasteiger partial charge in [-0.3, -0.25) is 13.9 Å². The number of aryl methyl sites for hydroxylation is 1. The Morgan fingerprint density at radius 2 is 1.85 bits per heavy atom. The highest BCUT2D eigenvalue weighted by molar-refractivity contribution is 7.92. The Balaban J connectivity index is 2.28. The molecular weight excluding hydrogens is 378 g/mol. The van der Waals surface area contributed by atoms with E-state index in [1.165, 1.54) is 18.2 Å². The number of nitrogens with two attached hydrogens (primary N) is 1. The summed E-state index contributed by atoms with van der Waals surface area (Å²) in [5.74, 6) is -1.33. The highest BCUT2D eigenvalue weighted by Gasteiger charge is 2.22. The zero-order valence-corrected chi connectivity index (χ0v) is 15.8. The molecule has 0 radical (unpaired) electrons. The summed E-state index contributed by atoms with van der Waals surface area (Å²) < 4.78 is 25.2. The average molecular weight is 396 g/mol. The molecule has 0 saturated carbocycles. The van der Waals surface area contributed by atoms with Crippen molar-refractivity contribution in [3.05, 3.63) is 58.6 Å². The molecule has 0 aliphatic carbocycles. The van der Waals surface area contributed by atoms with Crippen LogP contribution in [0.3, 0.4) is 0 Å². The number of para-hydroxylation sites is 1. The van der Waals surface area contributed by atoms with E-state index < -0.39 is 28.4 Å². The molecule has 26 heavy (non-hydrogen) atoms. The first-order chi connectivity index (χ1) is 12.1. The van der Waals surface area contributed by atoms with Gasteiger partial charge in [-0.1, -0.05) is 29.8 Å². The first kappa shape index (κ1) is 19.7. The fraction of sp³-hybridized carbons (Fsp3) is 0.176. The number of carbonyl (C=O) groups is 2. The Bertz CT molecular complexity index is 960. The second-order valence-corrected chi connectivity index (χ2v) is 7.98. The maximum Gasteiger partial charge on any atom is 0.250 e. The second kappa shape index (κ2) is 7.76. The third kappa shape index (κ3) is 4.74. The van der Waals surface area contributed by atoms with Crippen LogP contribution >= 0.6 is 11.6 Å². The second-order valence-electron chi connectivity index (χ2n) is 5.66. The summed E-state index contributed by atoms with van der Waals surface area (Å²) in [4.78, 5) is 23.8. The van der Waals surface area contributed by atoms with Crippen LogP contribution in [0, 0.1) is 6.92 Å². The lowest BCUT2D eigenvalue weighted by Gasteiger charge is -2.22. The zero-order valence-electron chi connectivity index (χ0n) is 14.2. The minimum absolute atomic E-state index is 0.130. The molecule has 0 heterocycles. The Morgan fingerprint density at radius 1 is 1.19 bits per heavy atom. The molecule has 0 aliphatic heterocycles. The van der Waals surface area contributed by atoms with Crippen LogP contribution in [0.25, 0.3) is 0 Å². The van der Waals surface area contributed by atoms with Gasteiger partial charge in [0.05, 0.1) is 23.2 Å². The molecule has 2 amide bonds. The fourth-order valence-corrected chi connectivity index (χ4v) is 3.29. The van der Waals surface area contributed by atoms with Crippen LogP contribution in [0.4, 0.5) is 11.4 Å². The maximum atomic E-state index is 12.4. The smallest absolute Gasteiger partial charge is 0.250 e. The molecule has 0 atom stereocenters. The topological polar surface area (TPSA) is 110 Å². The van der Waals surface area contributed by atoms with Crippen LogP contribution < -0.4 is 15.4 Å². The van der Waals surface area contributed by atoms with Crippen LogP contribution in [-0.4, -0.2) is 33.0 Å². The molecule has 0 bridgehead atoms. The van der Waals surface area contributed by atoms with E-state index in [0.717, 1.165) is 16.1 Å². The molecule has 0 fully saturated rings. The minimum Gasteiger partial charge on any atom is -0.366 e. The van der Waals surface area contributed by atoms with E-state index in [1.54, 1.807) is 31.2 Å². The number of nitrogens with one attached hydrogen (secondary N) is 1. The van der Waals surface area contributed by atoms with E-state index in [1.807, 2.05) is 0 Å². The third-order valence-electron chi connectivity index (χ3n) is 3.60. The number of sulfonamides is 1. The maximum absolute atomic E-state index is 12.4. The van der Waals surface area contributed by atoms with Crippen molar-refractivity contribution in [3.63, 3.8) is 0 Å². The molecule has 2 aromatic carbocycles. The van der Waals surface area contributed by atoms with Crippen molar-refractivity contribution in [2.75, 3.05) is 22.4 Å². The van der Waals surface area contributed by atoms with Crippen LogP contribution in [0.5, 0.6) is 0 Å². The normalized spacial score (nSPS) is 11.0. The number of anilines is 2. The summed E-state index contributed by atoms with van der Waals surface area (Å²) in [7, 11) is -3.74. The van der Waals surface area contributed by atoms with Crippen molar-refractivity contribution in [2.24, 2.45) is 5.73 Å². The number of benzene rings is 2. The molecule has 0 spiro atoms. The molecule has 0 unspecified atom stereocenters. The van der Waals surface area contributed by atoms with Crippen LogP contribution in [0.1, 0.15) is 15.9 Å². The average Bonchev–Trinajstić information content (AvgIpc) is 2.54. The quantitative estimate of drug-likeness (QED) is 0.780. The van der Waals surface area contributed by atoms with Gasteiger partial charge in [0, 0.05) is 5.02 Å². The highest BCUT2D eigenvalue weighted by Crippen LogP contribution is 2.25. The van der Waals surface area contributed by atoms with E-state index in [9.17, 15) is 18.0 Å². The van der Waals surface area contributed by atoms with Crippen molar-refractivity contribution < 1.29 is 18.0 Å². The summed E-state index contributed by atoms with van der Waals surface area (Å²) >= 11 is 6.06. The van der Waals surface area contributed by atoms with Gasteiger partial charge in [0.2, 0.25) is 15.9 Å². The van der Waals surface area contributed by atoms with E-state index in [0.29, 0.717) is 5.02 Å². The van der Waals surface area contributed by atoms with E-state index >= 15 is 0 Å². The van der Waals surface area contributed by atoms with Crippen molar-refractivity contribution in [2.45, 2.75) is 6.92 Å². The van der Waals surface area contributed by atoms with Crippen LogP contribution in [0.15, 0.2) is 42.5 Å². The van der Waals surface area contributed by atoms with Gasteiger partial charge in [0.15, 0.2) is 0 Å². The van der Waals surface area contributed by atoms with Gasteiger partial charge in [-0.25, -0.2) is 8.42 Å². The summed E-state index contributed by atoms with van der Waals surface area (Å²) in [6, 6.07) is 10.9. The fourth-order valence-electron chi connectivity index (χ4n) is 2.26. The summed E-state index contributed by atoms with van der Waals surface area (Å²) in [5.41, 5.74) is 6.66. The van der Waals surface area contributed by atoms with Gasteiger partial charge in [-0.05, 0) is 36.8 Å². The summed E-state index contributed by atoms with van der Waals surface area (Å²) in [6.07, 6.45) is 0.991. The van der Waals surface area contributed by atoms with Crippen molar-refractivity contribution >= 4 is 44.8 Å². The van der Waals surface area contributed by atoms with Gasteiger partial charge in [-0.15, -0.1) is 0 Å². The number of primary amides is 1. The Kier molecular flexibility index (Phi) is 5.89. The molecule has 138 valence electrons. The summed E-state index contributed by atoms with van der Waals surface area (Å²) in [6.45, 7) is 1.30. The van der Waals surface area contributed by atoms with Gasteiger partial charge in [0.25, 0.3) is 5.91 Å². The van der Waals surface area contributed by atoms with Crippen molar-refractivity contribution in [1.29, 1.82) is 0 Å². The molecule has 9 heteroatoms. The van der Waals surface area contributed by atoms with Gasteiger partial charge in [0.1, 0.15) is 6.54 Å². The van der Waals surface area contributed by atoms with Gasteiger partial charge >= 0.3 is 0 Å². The zero-order chi connectivity index (χ0) is 19.5. The van der Waals surface area contributed by atoms with E-state index in [-0.39, 0.29) is 16.9 Å². The Hall–Kier alpha value is -2.58. The number of hydrogen-bond acceptors (Lipinski definition) is 4. The van der Waals surface area contributed by atoms with Crippen LogP contribution in [-0.2, 0) is 14.8 Å². The first-order valence-electron chi connectivity index (χ1n) is 7.52.